The predicted molar refractivity (Wildman–Crippen MR) is 149 cm³/mol. The summed E-state index contributed by atoms with van der Waals surface area (Å²) in [5.41, 5.74) is 1.67. The number of carbonyl (C=O) groups excluding carboxylic acids is 5. The molecule has 1 saturated heterocycles. The van der Waals surface area contributed by atoms with E-state index in [1.54, 1.807) is 0 Å². The number of Topliss-reactive ketones (excluding diaryl/α,β-unsaturated/α-hetero) is 1. The molecule has 0 spiro atoms. The van der Waals surface area contributed by atoms with Crippen LogP contribution in [0.2, 0.25) is 0 Å². The number of ketones is 1. The first-order chi connectivity index (χ1) is 19.2. The van der Waals surface area contributed by atoms with Gasteiger partial charge in [-0.25, -0.2) is 4.79 Å². The lowest BCUT2D eigenvalue weighted by Gasteiger charge is -2.29. The van der Waals surface area contributed by atoms with Crippen LogP contribution in [0.1, 0.15) is 37.8 Å². The van der Waals surface area contributed by atoms with Gasteiger partial charge in [0.15, 0.2) is 5.78 Å². The van der Waals surface area contributed by atoms with Crippen LogP contribution in [0, 0.1) is 0 Å². The number of carbonyl (C=O) groups is 5. The van der Waals surface area contributed by atoms with Crippen molar-refractivity contribution in [2.45, 2.75) is 63.9 Å². The number of alkyl halides is 1. The molecule has 214 valence electrons. The molecule has 2 aromatic rings. The lowest BCUT2D eigenvalue weighted by Crippen LogP contribution is -2.56. The van der Waals surface area contributed by atoms with E-state index in [0.717, 1.165) is 11.1 Å². The maximum absolute atomic E-state index is 13.2. The summed E-state index contributed by atoms with van der Waals surface area (Å²) in [6.07, 6.45) is 0.543. The van der Waals surface area contributed by atoms with Gasteiger partial charge in [0.2, 0.25) is 17.7 Å². The van der Waals surface area contributed by atoms with E-state index in [4.69, 9.17) is 16.3 Å². The molecule has 1 fully saturated rings. The van der Waals surface area contributed by atoms with Crippen molar-refractivity contribution in [3.05, 3.63) is 71.8 Å². The van der Waals surface area contributed by atoms with Crippen LogP contribution < -0.4 is 16.0 Å². The van der Waals surface area contributed by atoms with E-state index < -0.39 is 48.0 Å². The van der Waals surface area contributed by atoms with E-state index in [1.165, 1.54) is 18.7 Å². The molecule has 4 atom stereocenters. The molecule has 2 aromatic carbocycles. The fraction of sp³-hybridized carbons (Fsp3) is 0.414. The third-order valence-corrected chi connectivity index (χ3v) is 6.89. The standard InChI is InChI=1S/C29H35ClN4O6/c1-19(32-29(39)40-18-22-12-7-4-8-13-22)26(36)31-20(2)28(38)34-15-9-14-24(34)27(37)33-23(25(35)17-30)16-21-10-5-3-6-11-21/h3-8,10-13,19-20,23-24H,9,14-18H2,1-2H3,(H,31,36)(H,32,39)(H,33,37)/t19-,20-,23-,24-/m0/s1. The molecule has 0 aliphatic carbocycles. The number of alkyl carbamates (subject to hydrolysis) is 1. The number of nitrogens with one attached hydrogen (secondary N) is 3. The predicted octanol–water partition coefficient (Wildman–Crippen LogP) is 2.33. The van der Waals surface area contributed by atoms with Gasteiger partial charge in [-0.2, -0.15) is 0 Å². The topological polar surface area (TPSA) is 134 Å². The summed E-state index contributed by atoms with van der Waals surface area (Å²) in [5.74, 6) is -2.03. The van der Waals surface area contributed by atoms with Crippen LogP contribution in [0.25, 0.3) is 0 Å². The van der Waals surface area contributed by atoms with E-state index in [1.807, 2.05) is 60.7 Å². The third kappa shape index (κ3) is 8.81. The molecule has 0 radical (unpaired) electrons. The maximum Gasteiger partial charge on any atom is 0.408 e. The van der Waals surface area contributed by atoms with Crippen LogP contribution in [-0.4, -0.2) is 71.1 Å². The third-order valence-electron chi connectivity index (χ3n) is 6.63. The Morgan fingerprint density at radius 2 is 1.52 bits per heavy atom. The van der Waals surface area contributed by atoms with Crippen molar-refractivity contribution >= 4 is 41.2 Å². The minimum Gasteiger partial charge on any atom is -0.445 e. The van der Waals surface area contributed by atoms with Gasteiger partial charge in [-0.1, -0.05) is 60.7 Å². The van der Waals surface area contributed by atoms with E-state index in [0.29, 0.717) is 19.4 Å². The zero-order valence-corrected chi connectivity index (χ0v) is 23.4. The molecule has 1 aliphatic rings. The van der Waals surface area contributed by atoms with Crippen LogP contribution in [0.3, 0.4) is 0 Å². The Labute approximate surface area is 238 Å². The fourth-order valence-corrected chi connectivity index (χ4v) is 4.60. The maximum atomic E-state index is 13.2. The first-order valence-corrected chi connectivity index (χ1v) is 13.7. The van der Waals surface area contributed by atoms with Gasteiger partial charge >= 0.3 is 6.09 Å². The highest BCUT2D eigenvalue weighted by molar-refractivity contribution is 6.28. The van der Waals surface area contributed by atoms with E-state index >= 15 is 0 Å². The Kier molecular flexibility index (Phi) is 11.5. The number of amides is 4. The zero-order chi connectivity index (χ0) is 29.1. The average molecular weight is 571 g/mol. The minimum atomic E-state index is -0.962. The Morgan fingerprint density at radius 3 is 2.15 bits per heavy atom. The number of benzene rings is 2. The molecular formula is C29H35ClN4O6. The largest absolute Gasteiger partial charge is 0.445 e. The molecule has 3 rings (SSSR count). The van der Waals surface area contributed by atoms with Crippen molar-refractivity contribution in [1.29, 1.82) is 0 Å². The molecule has 11 heteroatoms. The molecule has 0 aromatic heterocycles. The number of hydrogen-bond donors (Lipinski definition) is 3. The molecule has 0 saturated carbocycles. The molecule has 40 heavy (non-hydrogen) atoms. The van der Waals surface area contributed by atoms with Crippen molar-refractivity contribution in [1.82, 2.24) is 20.9 Å². The lowest BCUT2D eigenvalue weighted by molar-refractivity contribution is -0.141. The smallest absolute Gasteiger partial charge is 0.408 e. The highest BCUT2D eigenvalue weighted by Crippen LogP contribution is 2.19. The Bertz CT molecular complexity index is 1180. The van der Waals surface area contributed by atoms with Crippen molar-refractivity contribution in [2.24, 2.45) is 0 Å². The molecule has 10 nitrogen and oxygen atoms in total. The van der Waals surface area contributed by atoms with Crippen LogP contribution in [0.15, 0.2) is 60.7 Å². The number of ether oxygens (including phenoxy) is 1. The van der Waals surface area contributed by atoms with Crippen LogP contribution >= 0.6 is 11.6 Å². The Morgan fingerprint density at radius 1 is 0.900 bits per heavy atom. The average Bonchev–Trinajstić information content (AvgIpc) is 3.46. The van der Waals surface area contributed by atoms with E-state index in [2.05, 4.69) is 16.0 Å². The molecule has 0 unspecified atom stereocenters. The van der Waals surface area contributed by atoms with Gasteiger partial charge in [0.1, 0.15) is 24.7 Å². The zero-order valence-electron chi connectivity index (χ0n) is 22.6. The number of halogens is 1. The summed E-state index contributed by atoms with van der Waals surface area (Å²) in [4.78, 5) is 65.0. The first kappa shape index (κ1) is 30.6. The fourth-order valence-electron chi connectivity index (χ4n) is 4.42. The molecule has 1 aliphatic heterocycles. The minimum absolute atomic E-state index is 0.0526. The van der Waals surface area contributed by atoms with Crippen molar-refractivity contribution in [3.63, 3.8) is 0 Å². The van der Waals surface area contributed by atoms with Gasteiger partial charge in [0.05, 0.1) is 11.9 Å². The van der Waals surface area contributed by atoms with Gasteiger partial charge in [0, 0.05) is 6.54 Å². The number of nitrogens with zero attached hydrogens (tertiary/aromatic N) is 1. The Balaban J connectivity index is 1.52. The number of rotatable bonds is 12. The molecular weight excluding hydrogens is 536 g/mol. The molecule has 4 amide bonds. The van der Waals surface area contributed by atoms with Gasteiger partial charge in [0.25, 0.3) is 0 Å². The van der Waals surface area contributed by atoms with Crippen LogP contribution in [0.5, 0.6) is 0 Å². The number of hydrogen-bond acceptors (Lipinski definition) is 6. The quantitative estimate of drug-likeness (QED) is 0.335. The Hall–Kier alpha value is -3.92. The highest BCUT2D eigenvalue weighted by Gasteiger charge is 2.38. The SMILES string of the molecule is C[C@H](NC(=O)OCc1ccccc1)C(=O)N[C@@H](C)C(=O)N1CCC[C@H]1C(=O)N[C@@H](Cc1ccccc1)C(=O)CCl. The van der Waals surface area contributed by atoms with Gasteiger partial charge < -0.3 is 25.6 Å². The first-order valence-electron chi connectivity index (χ1n) is 13.2. The summed E-state index contributed by atoms with van der Waals surface area (Å²) in [6, 6.07) is 14.8. The molecule has 1 heterocycles. The van der Waals surface area contributed by atoms with Crippen molar-refractivity contribution in [3.8, 4) is 0 Å². The van der Waals surface area contributed by atoms with Crippen molar-refractivity contribution < 1.29 is 28.7 Å². The van der Waals surface area contributed by atoms with Gasteiger partial charge in [-0.05, 0) is 44.2 Å². The second-order valence-electron chi connectivity index (χ2n) is 9.70. The summed E-state index contributed by atoms with van der Waals surface area (Å²) < 4.78 is 5.14. The summed E-state index contributed by atoms with van der Waals surface area (Å²) >= 11 is 5.79. The summed E-state index contributed by atoms with van der Waals surface area (Å²) in [7, 11) is 0. The lowest BCUT2D eigenvalue weighted by atomic mass is 10.0. The van der Waals surface area contributed by atoms with Gasteiger partial charge in [-0.3, -0.25) is 19.2 Å². The van der Waals surface area contributed by atoms with Crippen LogP contribution in [0.4, 0.5) is 4.79 Å². The highest BCUT2D eigenvalue weighted by atomic mass is 35.5. The second kappa shape index (κ2) is 15.0. The molecule has 3 N–H and O–H groups in total. The summed E-state index contributed by atoms with van der Waals surface area (Å²) in [5, 5.41) is 7.81. The van der Waals surface area contributed by atoms with E-state index in [9.17, 15) is 24.0 Å². The van der Waals surface area contributed by atoms with Gasteiger partial charge in [-0.15, -0.1) is 11.6 Å². The molecule has 0 bridgehead atoms. The van der Waals surface area contributed by atoms with E-state index in [-0.39, 0.29) is 24.7 Å². The van der Waals surface area contributed by atoms with Crippen molar-refractivity contribution in [2.75, 3.05) is 12.4 Å². The second-order valence-corrected chi connectivity index (χ2v) is 9.97. The van der Waals surface area contributed by atoms with Crippen LogP contribution in [-0.2, 0) is 36.9 Å². The summed E-state index contributed by atoms with van der Waals surface area (Å²) in [6.45, 7) is 3.38. The monoisotopic (exact) mass is 570 g/mol. The number of likely N-dealkylation sites (tertiary alicyclic amines) is 1. The normalized spacial score (nSPS) is 16.8.